The Morgan fingerprint density at radius 1 is 1.17 bits per heavy atom. The monoisotopic (exact) mass is 323 g/mol. The van der Waals surface area contributed by atoms with Crippen LogP contribution in [0.4, 0.5) is 11.6 Å². The predicted octanol–water partition coefficient (Wildman–Crippen LogP) is 1.76. The van der Waals surface area contributed by atoms with Crippen LogP contribution >= 0.6 is 0 Å². The number of likely N-dealkylation sites (N-methyl/N-ethyl adjacent to an activating group) is 1. The maximum atomic E-state index is 8.78. The van der Waals surface area contributed by atoms with Crippen molar-refractivity contribution in [3.05, 3.63) is 35.9 Å². The lowest BCUT2D eigenvalue weighted by Crippen LogP contribution is -2.59. The molecule has 2 aromatic heterocycles. The molecule has 0 saturated carbocycles. The number of rotatable bonds is 3. The molecule has 1 fully saturated rings. The molecule has 0 radical (unpaired) electrons. The van der Waals surface area contributed by atoms with Gasteiger partial charge in [0, 0.05) is 25.6 Å². The van der Waals surface area contributed by atoms with Crippen LogP contribution in [0.1, 0.15) is 32.2 Å². The summed E-state index contributed by atoms with van der Waals surface area (Å²) in [6.07, 6.45) is 3.14. The van der Waals surface area contributed by atoms with Crippen LogP contribution in [-0.2, 0) is 5.41 Å². The number of anilines is 2. The van der Waals surface area contributed by atoms with Crippen molar-refractivity contribution in [3.63, 3.8) is 0 Å². The first-order valence-electron chi connectivity index (χ1n) is 7.92. The van der Waals surface area contributed by atoms with Crippen LogP contribution in [0.2, 0.25) is 0 Å². The Hall–Kier alpha value is -2.75. The Bertz CT molecular complexity index is 734. The van der Waals surface area contributed by atoms with E-state index in [0.717, 1.165) is 30.4 Å². The zero-order valence-corrected chi connectivity index (χ0v) is 14.4. The standard InChI is InChI=1S/C17H21N7/c1-17(2,3)14-5-6-15(22-21-14)24-10-13(11-24)23(4)16-9-19-12(7-18)8-20-16/h5-6,8-9,13H,10-11H2,1-4H3. The van der Waals surface area contributed by atoms with E-state index in [1.54, 1.807) is 6.20 Å². The normalized spacial score (nSPS) is 14.9. The van der Waals surface area contributed by atoms with Crippen molar-refractivity contribution in [2.75, 3.05) is 29.9 Å². The Balaban J connectivity index is 1.61. The van der Waals surface area contributed by atoms with E-state index in [1.807, 2.05) is 25.2 Å². The third-order valence-corrected chi connectivity index (χ3v) is 4.27. The van der Waals surface area contributed by atoms with Gasteiger partial charge in [-0.2, -0.15) is 10.4 Å². The average molecular weight is 323 g/mol. The first-order chi connectivity index (χ1) is 11.4. The lowest BCUT2D eigenvalue weighted by atomic mass is 9.92. The summed E-state index contributed by atoms with van der Waals surface area (Å²) < 4.78 is 0. The molecule has 0 aromatic carbocycles. The van der Waals surface area contributed by atoms with E-state index in [1.165, 1.54) is 6.20 Å². The molecule has 124 valence electrons. The zero-order valence-electron chi connectivity index (χ0n) is 14.4. The summed E-state index contributed by atoms with van der Waals surface area (Å²) in [5.41, 5.74) is 1.34. The first-order valence-corrected chi connectivity index (χ1v) is 7.92. The quantitative estimate of drug-likeness (QED) is 0.851. The van der Waals surface area contributed by atoms with Crippen molar-refractivity contribution in [3.8, 4) is 6.07 Å². The number of hydrogen-bond acceptors (Lipinski definition) is 7. The summed E-state index contributed by atoms with van der Waals surface area (Å²) in [7, 11) is 1.99. The molecule has 1 saturated heterocycles. The minimum absolute atomic E-state index is 0.0114. The Morgan fingerprint density at radius 2 is 1.92 bits per heavy atom. The van der Waals surface area contributed by atoms with Crippen LogP contribution in [0.5, 0.6) is 0 Å². The molecule has 0 N–H and O–H groups in total. The number of hydrogen-bond donors (Lipinski definition) is 0. The molecule has 0 atom stereocenters. The molecule has 3 heterocycles. The highest BCUT2D eigenvalue weighted by Crippen LogP contribution is 2.25. The van der Waals surface area contributed by atoms with Crippen LogP contribution in [0.3, 0.4) is 0 Å². The topological polar surface area (TPSA) is 81.8 Å². The summed E-state index contributed by atoms with van der Waals surface area (Å²) in [6.45, 7) is 8.11. The van der Waals surface area contributed by atoms with E-state index < -0.39 is 0 Å². The number of nitriles is 1. The van der Waals surface area contributed by atoms with E-state index in [0.29, 0.717) is 11.7 Å². The summed E-state index contributed by atoms with van der Waals surface area (Å²) in [6, 6.07) is 6.40. The van der Waals surface area contributed by atoms with Crippen LogP contribution in [0.25, 0.3) is 0 Å². The molecule has 3 rings (SSSR count). The summed E-state index contributed by atoms with van der Waals surface area (Å²) >= 11 is 0. The largest absolute Gasteiger partial charge is 0.352 e. The van der Waals surface area contributed by atoms with Crippen molar-refractivity contribution in [2.24, 2.45) is 0 Å². The van der Waals surface area contributed by atoms with Gasteiger partial charge in [0.25, 0.3) is 0 Å². The zero-order chi connectivity index (χ0) is 17.3. The molecule has 0 bridgehead atoms. The summed E-state index contributed by atoms with van der Waals surface area (Å²) in [5, 5.41) is 17.5. The van der Waals surface area contributed by atoms with E-state index in [4.69, 9.17) is 5.26 Å². The van der Waals surface area contributed by atoms with Gasteiger partial charge >= 0.3 is 0 Å². The molecular weight excluding hydrogens is 302 g/mol. The van der Waals surface area contributed by atoms with Gasteiger partial charge in [0.1, 0.15) is 11.9 Å². The third kappa shape index (κ3) is 3.13. The molecule has 1 aliphatic rings. The van der Waals surface area contributed by atoms with Crippen LogP contribution in [-0.4, -0.2) is 46.3 Å². The summed E-state index contributed by atoms with van der Waals surface area (Å²) in [5.74, 6) is 1.67. The Morgan fingerprint density at radius 3 is 2.42 bits per heavy atom. The van der Waals surface area contributed by atoms with Gasteiger partial charge < -0.3 is 9.80 Å². The number of aromatic nitrogens is 4. The van der Waals surface area contributed by atoms with Crippen molar-refractivity contribution < 1.29 is 0 Å². The van der Waals surface area contributed by atoms with E-state index in [2.05, 4.69) is 50.7 Å². The molecular formula is C17H21N7. The minimum atomic E-state index is 0.0114. The van der Waals surface area contributed by atoms with Crippen molar-refractivity contribution in [1.29, 1.82) is 5.26 Å². The Labute approximate surface area is 142 Å². The highest BCUT2D eigenvalue weighted by molar-refractivity contribution is 5.47. The lowest BCUT2D eigenvalue weighted by Gasteiger charge is -2.44. The van der Waals surface area contributed by atoms with Gasteiger partial charge in [-0.25, -0.2) is 9.97 Å². The van der Waals surface area contributed by atoms with Crippen molar-refractivity contribution >= 4 is 11.6 Å². The van der Waals surface area contributed by atoms with Crippen molar-refractivity contribution in [2.45, 2.75) is 32.2 Å². The van der Waals surface area contributed by atoms with Crippen LogP contribution in [0.15, 0.2) is 24.5 Å². The van der Waals surface area contributed by atoms with Crippen LogP contribution in [0, 0.1) is 11.3 Å². The molecule has 0 aliphatic carbocycles. The molecule has 7 heteroatoms. The Kier molecular flexibility index (Phi) is 4.06. The van der Waals surface area contributed by atoms with E-state index in [9.17, 15) is 0 Å². The smallest absolute Gasteiger partial charge is 0.158 e. The SMILES string of the molecule is CN(c1cnc(C#N)cn1)C1CN(c2ccc(C(C)(C)C)nn2)C1. The second-order valence-electron chi connectivity index (χ2n) is 7.07. The first kappa shape index (κ1) is 16.1. The molecule has 2 aromatic rings. The molecule has 1 aliphatic heterocycles. The average Bonchev–Trinajstić information content (AvgIpc) is 2.53. The predicted molar refractivity (Wildman–Crippen MR) is 91.9 cm³/mol. The van der Waals surface area contributed by atoms with Gasteiger partial charge in [-0.05, 0) is 12.1 Å². The fourth-order valence-electron chi connectivity index (χ4n) is 2.53. The van der Waals surface area contributed by atoms with Gasteiger partial charge in [0.15, 0.2) is 11.5 Å². The lowest BCUT2D eigenvalue weighted by molar-refractivity contribution is 0.485. The van der Waals surface area contributed by atoms with Gasteiger partial charge in [0.05, 0.1) is 24.1 Å². The second kappa shape index (κ2) is 6.04. The highest BCUT2D eigenvalue weighted by Gasteiger charge is 2.32. The van der Waals surface area contributed by atoms with Gasteiger partial charge in [-0.15, -0.1) is 5.10 Å². The fraction of sp³-hybridized carbons (Fsp3) is 0.471. The molecule has 0 unspecified atom stereocenters. The number of nitrogens with zero attached hydrogens (tertiary/aromatic N) is 7. The van der Waals surface area contributed by atoms with Crippen LogP contribution < -0.4 is 9.80 Å². The highest BCUT2D eigenvalue weighted by atomic mass is 15.4. The maximum absolute atomic E-state index is 8.78. The minimum Gasteiger partial charge on any atom is -0.352 e. The van der Waals surface area contributed by atoms with Gasteiger partial charge in [-0.3, -0.25) is 0 Å². The van der Waals surface area contributed by atoms with E-state index >= 15 is 0 Å². The second-order valence-corrected chi connectivity index (χ2v) is 7.07. The molecule has 24 heavy (non-hydrogen) atoms. The summed E-state index contributed by atoms with van der Waals surface area (Å²) in [4.78, 5) is 12.6. The molecule has 7 nitrogen and oxygen atoms in total. The fourth-order valence-corrected chi connectivity index (χ4v) is 2.53. The van der Waals surface area contributed by atoms with Crippen molar-refractivity contribution in [1.82, 2.24) is 20.2 Å². The van der Waals surface area contributed by atoms with E-state index in [-0.39, 0.29) is 5.41 Å². The van der Waals surface area contributed by atoms with Gasteiger partial charge in [-0.1, -0.05) is 20.8 Å². The third-order valence-electron chi connectivity index (χ3n) is 4.27. The molecule has 0 amide bonds. The maximum Gasteiger partial charge on any atom is 0.158 e. The molecule has 0 spiro atoms. The van der Waals surface area contributed by atoms with Gasteiger partial charge in [0.2, 0.25) is 0 Å².